The van der Waals surface area contributed by atoms with Crippen molar-refractivity contribution < 1.29 is 9.47 Å². The lowest BCUT2D eigenvalue weighted by Gasteiger charge is -2.18. The highest BCUT2D eigenvalue weighted by atomic mass is 35.5. The summed E-state index contributed by atoms with van der Waals surface area (Å²) in [4.78, 5) is 2.36. The van der Waals surface area contributed by atoms with Crippen molar-refractivity contribution in [2.75, 3.05) is 33.4 Å². The van der Waals surface area contributed by atoms with Crippen LogP contribution in [0, 0.1) is 0 Å². The van der Waals surface area contributed by atoms with Gasteiger partial charge in [0.15, 0.2) is 0 Å². The van der Waals surface area contributed by atoms with E-state index in [0.717, 1.165) is 43.3 Å². The third-order valence-corrected chi connectivity index (χ3v) is 4.38. The van der Waals surface area contributed by atoms with E-state index in [0.29, 0.717) is 0 Å². The summed E-state index contributed by atoms with van der Waals surface area (Å²) in [5.74, 6) is 1.80. The van der Waals surface area contributed by atoms with Crippen molar-refractivity contribution >= 4 is 24.1 Å². The summed E-state index contributed by atoms with van der Waals surface area (Å²) < 4.78 is 11.0. The Morgan fingerprint density at radius 2 is 1.50 bits per heavy atom. The van der Waals surface area contributed by atoms with Gasteiger partial charge in [0, 0.05) is 6.54 Å². The SMILES string of the molecule is CCN(CC)CCOc1ccc(/C(C)=C/c2ccc(OC)cc2)cc1.Cl. The van der Waals surface area contributed by atoms with Crippen LogP contribution < -0.4 is 9.47 Å². The highest BCUT2D eigenvalue weighted by Crippen LogP contribution is 2.22. The molecule has 0 saturated heterocycles. The third-order valence-electron chi connectivity index (χ3n) is 4.38. The van der Waals surface area contributed by atoms with Gasteiger partial charge in [-0.15, -0.1) is 12.4 Å². The highest BCUT2D eigenvalue weighted by molar-refractivity contribution is 5.85. The van der Waals surface area contributed by atoms with Crippen molar-refractivity contribution in [2.24, 2.45) is 0 Å². The van der Waals surface area contributed by atoms with Crippen molar-refractivity contribution in [3.63, 3.8) is 0 Å². The molecule has 0 aromatic heterocycles. The van der Waals surface area contributed by atoms with E-state index in [-0.39, 0.29) is 12.4 Å². The summed E-state index contributed by atoms with van der Waals surface area (Å²) in [5.41, 5.74) is 3.59. The van der Waals surface area contributed by atoms with Gasteiger partial charge in [-0.1, -0.05) is 44.2 Å². The van der Waals surface area contributed by atoms with Crippen LogP contribution in [0.3, 0.4) is 0 Å². The first kappa shape index (κ1) is 22.1. The minimum atomic E-state index is 0. The van der Waals surface area contributed by atoms with E-state index in [1.165, 1.54) is 11.1 Å². The van der Waals surface area contributed by atoms with E-state index >= 15 is 0 Å². The fraction of sp³-hybridized carbons (Fsp3) is 0.364. The monoisotopic (exact) mass is 375 g/mol. The van der Waals surface area contributed by atoms with Crippen molar-refractivity contribution in [1.82, 2.24) is 4.90 Å². The molecule has 0 unspecified atom stereocenters. The first-order chi connectivity index (χ1) is 12.2. The number of halogens is 1. The normalized spacial score (nSPS) is 11.2. The molecular weight excluding hydrogens is 346 g/mol. The minimum Gasteiger partial charge on any atom is -0.497 e. The van der Waals surface area contributed by atoms with Gasteiger partial charge in [-0.05, 0) is 61.0 Å². The molecule has 0 spiro atoms. The summed E-state index contributed by atoms with van der Waals surface area (Å²) in [5, 5.41) is 0. The number of ether oxygens (including phenoxy) is 2. The Morgan fingerprint density at radius 1 is 0.923 bits per heavy atom. The maximum absolute atomic E-state index is 5.84. The number of nitrogens with zero attached hydrogens (tertiary/aromatic N) is 1. The van der Waals surface area contributed by atoms with Crippen molar-refractivity contribution in [1.29, 1.82) is 0 Å². The Labute approximate surface area is 164 Å². The minimum absolute atomic E-state index is 0. The van der Waals surface area contributed by atoms with Gasteiger partial charge in [0.1, 0.15) is 18.1 Å². The average Bonchev–Trinajstić information content (AvgIpc) is 2.66. The molecule has 0 aliphatic carbocycles. The third kappa shape index (κ3) is 6.74. The van der Waals surface area contributed by atoms with Crippen molar-refractivity contribution in [2.45, 2.75) is 20.8 Å². The smallest absolute Gasteiger partial charge is 0.119 e. The van der Waals surface area contributed by atoms with Gasteiger partial charge in [0.25, 0.3) is 0 Å². The quantitative estimate of drug-likeness (QED) is 0.548. The Bertz CT molecular complexity index is 662. The molecule has 2 aromatic rings. The largest absolute Gasteiger partial charge is 0.497 e. The second kappa shape index (κ2) is 11.6. The Hall–Kier alpha value is -1.97. The molecule has 0 atom stereocenters. The lowest BCUT2D eigenvalue weighted by Crippen LogP contribution is -2.27. The number of hydrogen-bond acceptors (Lipinski definition) is 3. The molecule has 0 amide bonds. The Kier molecular flexibility index (Phi) is 9.85. The van der Waals surface area contributed by atoms with E-state index in [1.807, 2.05) is 24.3 Å². The van der Waals surface area contributed by atoms with Gasteiger partial charge in [-0.2, -0.15) is 0 Å². The zero-order valence-corrected chi connectivity index (χ0v) is 17.0. The lowest BCUT2D eigenvalue weighted by atomic mass is 10.0. The number of methoxy groups -OCH3 is 1. The Balaban J connectivity index is 0.00000338. The van der Waals surface area contributed by atoms with E-state index in [9.17, 15) is 0 Å². The summed E-state index contributed by atoms with van der Waals surface area (Å²) in [6.45, 7) is 10.3. The summed E-state index contributed by atoms with van der Waals surface area (Å²) in [6.07, 6.45) is 2.18. The molecule has 26 heavy (non-hydrogen) atoms. The van der Waals surface area contributed by atoms with Gasteiger partial charge in [-0.25, -0.2) is 0 Å². The van der Waals surface area contributed by atoms with Crippen LogP contribution in [0.4, 0.5) is 0 Å². The molecular formula is C22H30ClNO2. The fourth-order valence-corrected chi connectivity index (χ4v) is 2.68. The van der Waals surface area contributed by atoms with Crippen LogP contribution in [-0.2, 0) is 0 Å². The number of rotatable bonds is 9. The van der Waals surface area contributed by atoms with Crippen LogP contribution in [0.25, 0.3) is 11.6 Å². The molecule has 2 aromatic carbocycles. The van der Waals surface area contributed by atoms with Gasteiger partial charge in [0.2, 0.25) is 0 Å². The molecule has 0 aliphatic rings. The van der Waals surface area contributed by atoms with E-state index in [4.69, 9.17) is 9.47 Å². The topological polar surface area (TPSA) is 21.7 Å². The molecule has 142 valence electrons. The van der Waals surface area contributed by atoms with E-state index in [2.05, 4.69) is 56.0 Å². The van der Waals surface area contributed by atoms with E-state index < -0.39 is 0 Å². The van der Waals surface area contributed by atoms with Crippen LogP contribution in [0.1, 0.15) is 31.9 Å². The molecule has 3 nitrogen and oxygen atoms in total. The molecule has 0 saturated carbocycles. The van der Waals surface area contributed by atoms with Crippen molar-refractivity contribution in [3.8, 4) is 11.5 Å². The second-order valence-electron chi connectivity index (χ2n) is 6.00. The molecule has 2 rings (SSSR count). The van der Waals surface area contributed by atoms with Crippen LogP contribution in [0.15, 0.2) is 48.5 Å². The van der Waals surface area contributed by atoms with Crippen LogP contribution in [0.5, 0.6) is 11.5 Å². The van der Waals surface area contributed by atoms with Crippen molar-refractivity contribution in [3.05, 3.63) is 59.7 Å². The molecule has 4 heteroatoms. The lowest BCUT2D eigenvalue weighted by molar-refractivity contribution is 0.223. The van der Waals surface area contributed by atoms with Gasteiger partial charge in [0.05, 0.1) is 7.11 Å². The predicted molar refractivity (Wildman–Crippen MR) is 114 cm³/mol. The molecule has 0 heterocycles. The summed E-state index contributed by atoms with van der Waals surface area (Å²) >= 11 is 0. The van der Waals surface area contributed by atoms with Gasteiger partial charge < -0.3 is 14.4 Å². The molecule has 0 aliphatic heterocycles. The predicted octanol–water partition coefficient (Wildman–Crippen LogP) is 5.40. The Morgan fingerprint density at radius 3 is 2.04 bits per heavy atom. The standard InChI is InChI=1S/C22H29NO2.ClH/c1-5-23(6-2)15-16-25-22-13-9-20(10-14-22)18(3)17-19-7-11-21(24-4)12-8-19;/h7-14,17H,5-6,15-16H2,1-4H3;1H/b18-17+;. The number of hydrogen-bond donors (Lipinski definition) is 0. The fourth-order valence-electron chi connectivity index (χ4n) is 2.68. The second-order valence-corrected chi connectivity index (χ2v) is 6.00. The number of allylic oxidation sites excluding steroid dienone is 1. The van der Waals surface area contributed by atoms with Gasteiger partial charge in [-0.3, -0.25) is 0 Å². The molecule has 0 N–H and O–H groups in total. The van der Waals surface area contributed by atoms with Crippen LogP contribution >= 0.6 is 12.4 Å². The first-order valence-corrected chi connectivity index (χ1v) is 8.94. The summed E-state index contributed by atoms with van der Waals surface area (Å²) in [7, 11) is 1.68. The van der Waals surface area contributed by atoms with Crippen LogP contribution in [-0.4, -0.2) is 38.3 Å². The maximum atomic E-state index is 5.84. The number of likely N-dealkylation sites (N-methyl/N-ethyl adjacent to an activating group) is 1. The molecule has 0 radical (unpaired) electrons. The van der Waals surface area contributed by atoms with E-state index in [1.54, 1.807) is 7.11 Å². The average molecular weight is 376 g/mol. The first-order valence-electron chi connectivity index (χ1n) is 8.94. The maximum Gasteiger partial charge on any atom is 0.119 e. The molecule has 0 bridgehead atoms. The zero-order valence-electron chi connectivity index (χ0n) is 16.2. The highest BCUT2D eigenvalue weighted by Gasteiger charge is 2.01. The zero-order chi connectivity index (χ0) is 18.1. The molecule has 0 fully saturated rings. The van der Waals surface area contributed by atoms with Gasteiger partial charge >= 0.3 is 0 Å². The number of benzene rings is 2. The van der Waals surface area contributed by atoms with Crippen LogP contribution in [0.2, 0.25) is 0 Å². The summed E-state index contributed by atoms with van der Waals surface area (Å²) in [6, 6.07) is 16.4.